The number of aromatic carboxylic acids is 1. The monoisotopic (exact) mass is 301 g/mol. The summed E-state index contributed by atoms with van der Waals surface area (Å²) in [7, 11) is 0. The topological polar surface area (TPSA) is 86.6 Å². The Bertz CT molecular complexity index is 534. The maximum Gasteiger partial charge on any atom is 0.336 e. The van der Waals surface area contributed by atoms with E-state index < -0.39 is 34.6 Å². The first-order chi connectivity index (χ1) is 9.90. The molecule has 1 aromatic rings. The van der Waals surface area contributed by atoms with Gasteiger partial charge in [-0.05, 0) is 24.5 Å². The molecule has 0 aliphatic carbocycles. The van der Waals surface area contributed by atoms with Crippen LogP contribution in [0, 0.1) is 17.6 Å². The van der Waals surface area contributed by atoms with Crippen molar-refractivity contribution >= 4 is 11.9 Å². The molecule has 1 rings (SSSR count). The van der Waals surface area contributed by atoms with Crippen molar-refractivity contribution in [1.82, 2.24) is 5.32 Å². The molecule has 0 spiro atoms. The Labute approximate surface area is 120 Å². The zero-order valence-corrected chi connectivity index (χ0v) is 11.5. The summed E-state index contributed by atoms with van der Waals surface area (Å²) in [5.41, 5.74) is -1.03. The third-order valence-corrected chi connectivity index (χ3v) is 3.20. The minimum Gasteiger partial charge on any atom is -0.478 e. The van der Waals surface area contributed by atoms with Crippen LogP contribution >= 0.6 is 0 Å². The van der Waals surface area contributed by atoms with Gasteiger partial charge in [-0.25, -0.2) is 13.6 Å². The molecule has 0 radical (unpaired) electrons. The fraction of sp³-hybridized carbons (Fsp3) is 0.429. The molecule has 0 aliphatic rings. The molecule has 0 aliphatic heterocycles. The second kappa shape index (κ2) is 7.68. The lowest BCUT2D eigenvalue weighted by atomic mass is 10.0. The number of aliphatic hydroxyl groups excluding tert-OH is 1. The van der Waals surface area contributed by atoms with Gasteiger partial charge in [0.25, 0.3) is 5.91 Å². The Morgan fingerprint density at radius 2 is 1.81 bits per heavy atom. The lowest BCUT2D eigenvalue weighted by Gasteiger charge is -2.15. The van der Waals surface area contributed by atoms with E-state index in [0.29, 0.717) is 25.0 Å². The fourth-order valence-corrected chi connectivity index (χ4v) is 1.88. The molecule has 21 heavy (non-hydrogen) atoms. The summed E-state index contributed by atoms with van der Waals surface area (Å²) in [5.74, 6) is -4.88. The number of carboxylic acid groups (broad SMARTS) is 1. The summed E-state index contributed by atoms with van der Waals surface area (Å²) in [6.07, 6.45) is 1.20. The van der Waals surface area contributed by atoms with Crippen molar-refractivity contribution < 1.29 is 28.6 Å². The SMILES string of the molecule is CCC(CCO)CNC(=O)c1cc(F)c(F)cc1C(=O)O. The number of aliphatic hydroxyl groups is 1. The molecule has 0 bridgehead atoms. The Morgan fingerprint density at radius 3 is 2.29 bits per heavy atom. The van der Waals surface area contributed by atoms with Crippen molar-refractivity contribution in [2.45, 2.75) is 19.8 Å². The van der Waals surface area contributed by atoms with Crippen LogP contribution in [-0.4, -0.2) is 35.2 Å². The van der Waals surface area contributed by atoms with Crippen molar-refractivity contribution in [3.8, 4) is 0 Å². The van der Waals surface area contributed by atoms with E-state index in [1.54, 1.807) is 0 Å². The number of carbonyl (C=O) groups excluding carboxylic acids is 1. The molecule has 1 aromatic carbocycles. The van der Waals surface area contributed by atoms with Crippen molar-refractivity contribution in [3.63, 3.8) is 0 Å². The smallest absolute Gasteiger partial charge is 0.336 e. The largest absolute Gasteiger partial charge is 0.478 e. The third kappa shape index (κ3) is 4.49. The molecular formula is C14H17F2NO4. The maximum atomic E-state index is 13.2. The minimum atomic E-state index is -1.51. The Kier molecular flexibility index (Phi) is 6.23. The van der Waals surface area contributed by atoms with E-state index in [9.17, 15) is 18.4 Å². The predicted molar refractivity (Wildman–Crippen MR) is 71.1 cm³/mol. The first kappa shape index (κ1) is 17.0. The summed E-state index contributed by atoms with van der Waals surface area (Å²) in [5, 5.41) is 20.3. The molecule has 0 aromatic heterocycles. The van der Waals surface area contributed by atoms with Gasteiger partial charge in [-0.15, -0.1) is 0 Å². The second-order valence-electron chi connectivity index (χ2n) is 4.61. The molecule has 0 heterocycles. The van der Waals surface area contributed by atoms with Gasteiger partial charge in [-0.1, -0.05) is 13.3 Å². The summed E-state index contributed by atoms with van der Waals surface area (Å²) in [6, 6.07) is 1.05. The van der Waals surface area contributed by atoms with Gasteiger partial charge in [0, 0.05) is 13.2 Å². The van der Waals surface area contributed by atoms with Crippen LogP contribution in [-0.2, 0) is 0 Å². The van der Waals surface area contributed by atoms with Crippen molar-refractivity contribution in [3.05, 3.63) is 34.9 Å². The highest BCUT2D eigenvalue weighted by atomic mass is 19.2. The van der Waals surface area contributed by atoms with Crippen LogP contribution in [0.2, 0.25) is 0 Å². The highest BCUT2D eigenvalue weighted by molar-refractivity contribution is 6.04. The van der Waals surface area contributed by atoms with Gasteiger partial charge in [0.05, 0.1) is 11.1 Å². The van der Waals surface area contributed by atoms with Gasteiger partial charge >= 0.3 is 5.97 Å². The van der Waals surface area contributed by atoms with Gasteiger partial charge in [-0.2, -0.15) is 0 Å². The van der Waals surface area contributed by atoms with Crippen LogP contribution < -0.4 is 5.32 Å². The number of benzene rings is 1. The molecular weight excluding hydrogens is 284 g/mol. The molecule has 5 nitrogen and oxygen atoms in total. The molecule has 0 fully saturated rings. The van der Waals surface area contributed by atoms with Crippen LogP contribution in [0.4, 0.5) is 8.78 Å². The molecule has 1 atom stereocenters. The average molecular weight is 301 g/mol. The highest BCUT2D eigenvalue weighted by Gasteiger charge is 2.20. The number of hydrogen-bond donors (Lipinski definition) is 3. The molecule has 0 saturated carbocycles. The number of halogens is 2. The van der Waals surface area contributed by atoms with E-state index >= 15 is 0 Å². The number of nitrogens with one attached hydrogen (secondary N) is 1. The summed E-state index contributed by atoms with van der Waals surface area (Å²) in [4.78, 5) is 22.9. The molecule has 1 amide bonds. The maximum absolute atomic E-state index is 13.2. The molecule has 3 N–H and O–H groups in total. The molecule has 0 saturated heterocycles. The van der Waals surface area contributed by atoms with Crippen LogP contribution in [0.5, 0.6) is 0 Å². The average Bonchev–Trinajstić information content (AvgIpc) is 2.45. The predicted octanol–water partition coefficient (Wildman–Crippen LogP) is 1.80. The number of carbonyl (C=O) groups is 2. The van der Waals surface area contributed by atoms with E-state index in [-0.39, 0.29) is 19.1 Å². The van der Waals surface area contributed by atoms with Crippen molar-refractivity contribution in [2.75, 3.05) is 13.2 Å². The minimum absolute atomic E-state index is 0.0255. The van der Waals surface area contributed by atoms with Crippen LogP contribution in [0.3, 0.4) is 0 Å². The van der Waals surface area contributed by atoms with Crippen LogP contribution in [0.1, 0.15) is 40.5 Å². The van der Waals surface area contributed by atoms with Crippen molar-refractivity contribution in [2.24, 2.45) is 5.92 Å². The zero-order chi connectivity index (χ0) is 16.0. The molecule has 1 unspecified atom stereocenters. The molecule has 7 heteroatoms. The van der Waals surface area contributed by atoms with E-state index in [1.807, 2.05) is 6.92 Å². The highest BCUT2D eigenvalue weighted by Crippen LogP contribution is 2.16. The summed E-state index contributed by atoms with van der Waals surface area (Å²) < 4.78 is 26.2. The van der Waals surface area contributed by atoms with E-state index in [1.165, 1.54) is 0 Å². The molecule has 116 valence electrons. The van der Waals surface area contributed by atoms with Gasteiger partial charge in [0.2, 0.25) is 0 Å². The van der Waals surface area contributed by atoms with Crippen LogP contribution in [0.25, 0.3) is 0 Å². The Balaban J connectivity index is 2.91. The summed E-state index contributed by atoms with van der Waals surface area (Å²) >= 11 is 0. The normalized spacial score (nSPS) is 12.0. The standard InChI is InChI=1S/C14H17F2NO4/c1-2-8(3-4-18)7-17-13(19)9-5-11(15)12(16)6-10(9)14(20)21/h5-6,8,18H,2-4,7H2,1H3,(H,17,19)(H,20,21). The number of carboxylic acids is 1. The van der Waals surface area contributed by atoms with Gasteiger partial charge in [0.1, 0.15) is 0 Å². The third-order valence-electron chi connectivity index (χ3n) is 3.20. The first-order valence-electron chi connectivity index (χ1n) is 6.52. The van der Waals surface area contributed by atoms with Crippen LogP contribution in [0.15, 0.2) is 12.1 Å². The quantitative estimate of drug-likeness (QED) is 0.717. The fourth-order valence-electron chi connectivity index (χ4n) is 1.88. The number of rotatable bonds is 7. The lowest BCUT2D eigenvalue weighted by Crippen LogP contribution is -2.31. The van der Waals surface area contributed by atoms with Gasteiger partial charge < -0.3 is 15.5 Å². The zero-order valence-electron chi connectivity index (χ0n) is 11.5. The van der Waals surface area contributed by atoms with Gasteiger partial charge in [-0.3, -0.25) is 4.79 Å². The van der Waals surface area contributed by atoms with E-state index in [4.69, 9.17) is 10.2 Å². The van der Waals surface area contributed by atoms with E-state index in [2.05, 4.69) is 5.32 Å². The second-order valence-corrected chi connectivity index (χ2v) is 4.61. The summed E-state index contributed by atoms with van der Waals surface area (Å²) in [6.45, 7) is 2.07. The number of hydrogen-bond acceptors (Lipinski definition) is 3. The Morgan fingerprint density at radius 1 is 1.24 bits per heavy atom. The van der Waals surface area contributed by atoms with E-state index in [0.717, 1.165) is 0 Å². The Hall–Kier alpha value is -2.02. The number of amides is 1. The van der Waals surface area contributed by atoms with Gasteiger partial charge in [0.15, 0.2) is 11.6 Å². The lowest BCUT2D eigenvalue weighted by molar-refractivity contribution is 0.0690. The first-order valence-corrected chi connectivity index (χ1v) is 6.52. The van der Waals surface area contributed by atoms with Crippen molar-refractivity contribution in [1.29, 1.82) is 0 Å².